The lowest BCUT2D eigenvalue weighted by atomic mass is 9.89. The van der Waals surface area contributed by atoms with Crippen LogP contribution in [0.5, 0.6) is 0 Å². The van der Waals surface area contributed by atoms with E-state index in [9.17, 15) is 9.90 Å². The molecule has 3 unspecified atom stereocenters. The van der Waals surface area contributed by atoms with Crippen molar-refractivity contribution in [3.8, 4) is 0 Å². The largest absolute Gasteiger partial charge is 0.481 e. The van der Waals surface area contributed by atoms with E-state index in [1.807, 2.05) is 25.1 Å². The Morgan fingerprint density at radius 1 is 1.50 bits per heavy atom. The van der Waals surface area contributed by atoms with Crippen LogP contribution in [-0.4, -0.2) is 33.0 Å². The minimum atomic E-state index is -0.635. The fourth-order valence-corrected chi connectivity index (χ4v) is 3.49. The molecule has 2 aliphatic rings. The second kappa shape index (κ2) is 4.35. The molecule has 3 rings (SSSR count). The van der Waals surface area contributed by atoms with Crippen molar-refractivity contribution in [3.63, 3.8) is 0 Å². The first-order chi connectivity index (χ1) is 8.65. The number of carboxylic acid groups (broad SMARTS) is 1. The van der Waals surface area contributed by atoms with E-state index >= 15 is 0 Å². The molecule has 18 heavy (non-hydrogen) atoms. The van der Waals surface area contributed by atoms with Gasteiger partial charge in [-0.3, -0.25) is 14.7 Å². The van der Waals surface area contributed by atoms with E-state index in [0.717, 1.165) is 37.2 Å². The van der Waals surface area contributed by atoms with Gasteiger partial charge in [-0.15, -0.1) is 0 Å². The summed E-state index contributed by atoms with van der Waals surface area (Å²) >= 11 is 0. The number of carbonyl (C=O) groups is 1. The zero-order chi connectivity index (χ0) is 12.7. The lowest BCUT2D eigenvalue weighted by Gasteiger charge is -2.22. The minimum Gasteiger partial charge on any atom is -0.481 e. The number of hydrogen-bond acceptors (Lipinski definition) is 3. The van der Waals surface area contributed by atoms with Gasteiger partial charge in [-0.2, -0.15) is 0 Å². The summed E-state index contributed by atoms with van der Waals surface area (Å²) in [7, 11) is 0. The normalized spacial score (nSPS) is 30.8. The van der Waals surface area contributed by atoms with Gasteiger partial charge in [-0.05, 0) is 38.3 Å². The number of nitrogens with zero attached hydrogens (tertiary/aromatic N) is 2. The van der Waals surface area contributed by atoms with Crippen molar-refractivity contribution in [1.29, 1.82) is 0 Å². The summed E-state index contributed by atoms with van der Waals surface area (Å²) in [6.07, 6.45) is 2.97. The molecule has 0 aromatic carbocycles. The average molecular weight is 246 g/mol. The molecule has 4 heteroatoms. The Bertz CT molecular complexity index is 475. The highest BCUT2D eigenvalue weighted by Gasteiger charge is 2.49. The highest BCUT2D eigenvalue weighted by Crippen LogP contribution is 2.42. The number of aliphatic carboxylic acids is 1. The zero-order valence-electron chi connectivity index (χ0n) is 10.5. The van der Waals surface area contributed by atoms with Gasteiger partial charge in [0.05, 0.1) is 11.6 Å². The molecule has 2 aliphatic heterocycles. The topological polar surface area (TPSA) is 53.4 Å². The second-order valence-electron chi connectivity index (χ2n) is 5.42. The van der Waals surface area contributed by atoms with Crippen LogP contribution in [0.3, 0.4) is 0 Å². The maximum absolute atomic E-state index is 11.2. The number of aromatic nitrogens is 1. The molecule has 1 aromatic rings. The van der Waals surface area contributed by atoms with Gasteiger partial charge in [-0.1, -0.05) is 6.07 Å². The van der Waals surface area contributed by atoms with E-state index < -0.39 is 5.97 Å². The summed E-state index contributed by atoms with van der Waals surface area (Å²) in [6.45, 7) is 2.78. The zero-order valence-corrected chi connectivity index (χ0v) is 10.5. The van der Waals surface area contributed by atoms with Crippen molar-refractivity contribution < 1.29 is 9.90 Å². The Morgan fingerprint density at radius 3 is 3.00 bits per heavy atom. The van der Waals surface area contributed by atoms with Crippen LogP contribution < -0.4 is 0 Å². The molecule has 1 N–H and O–H groups in total. The van der Waals surface area contributed by atoms with Crippen LogP contribution in [-0.2, 0) is 11.3 Å². The van der Waals surface area contributed by atoms with Crippen molar-refractivity contribution in [2.75, 3.05) is 0 Å². The lowest BCUT2D eigenvalue weighted by Crippen LogP contribution is -2.32. The molecule has 0 radical (unpaired) electrons. The number of rotatable bonds is 3. The van der Waals surface area contributed by atoms with E-state index in [2.05, 4.69) is 9.88 Å². The third-order valence-corrected chi connectivity index (χ3v) is 4.29. The first-order valence-corrected chi connectivity index (χ1v) is 6.56. The second-order valence-corrected chi connectivity index (χ2v) is 5.42. The third-order valence-electron chi connectivity index (χ3n) is 4.29. The molecule has 0 spiro atoms. The fraction of sp³-hybridized carbons (Fsp3) is 0.571. The molecule has 2 bridgehead atoms. The molecule has 0 amide bonds. The molecular formula is C14H18N2O2. The quantitative estimate of drug-likeness (QED) is 0.884. The molecule has 0 aliphatic carbocycles. The molecule has 3 atom stereocenters. The van der Waals surface area contributed by atoms with E-state index in [-0.39, 0.29) is 12.0 Å². The number of pyridine rings is 1. The van der Waals surface area contributed by atoms with Crippen LogP contribution in [0, 0.1) is 12.8 Å². The van der Waals surface area contributed by atoms with Gasteiger partial charge in [0.25, 0.3) is 0 Å². The van der Waals surface area contributed by atoms with Gasteiger partial charge in [-0.25, -0.2) is 0 Å². The summed E-state index contributed by atoms with van der Waals surface area (Å²) in [6, 6.07) is 6.70. The summed E-state index contributed by atoms with van der Waals surface area (Å²) in [5.74, 6) is -0.807. The average Bonchev–Trinajstić information content (AvgIpc) is 2.86. The summed E-state index contributed by atoms with van der Waals surface area (Å²) in [4.78, 5) is 18.1. The number of aryl methyl sites for hydroxylation is 1. The van der Waals surface area contributed by atoms with Gasteiger partial charge in [0.15, 0.2) is 0 Å². The SMILES string of the molecule is Cc1cccc(CN2C3CCC2C(C(=O)O)C3)n1. The summed E-state index contributed by atoms with van der Waals surface area (Å²) in [5.41, 5.74) is 2.08. The smallest absolute Gasteiger partial charge is 0.308 e. The predicted octanol–water partition coefficient (Wildman–Crippen LogP) is 1.83. The van der Waals surface area contributed by atoms with Gasteiger partial charge < -0.3 is 5.11 Å². The van der Waals surface area contributed by atoms with E-state index in [4.69, 9.17) is 0 Å². The van der Waals surface area contributed by atoms with Crippen LogP contribution in [0.25, 0.3) is 0 Å². The van der Waals surface area contributed by atoms with Crippen molar-refractivity contribution >= 4 is 5.97 Å². The number of fused-ring (bicyclic) bond motifs is 2. The first-order valence-electron chi connectivity index (χ1n) is 6.56. The first kappa shape index (κ1) is 11.7. The Morgan fingerprint density at radius 2 is 2.33 bits per heavy atom. The number of hydrogen-bond donors (Lipinski definition) is 1. The van der Waals surface area contributed by atoms with Crippen molar-refractivity contribution in [3.05, 3.63) is 29.6 Å². The maximum Gasteiger partial charge on any atom is 0.308 e. The van der Waals surface area contributed by atoms with Crippen LogP contribution in [0.2, 0.25) is 0 Å². The van der Waals surface area contributed by atoms with E-state index in [1.165, 1.54) is 0 Å². The molecular weight excluding hydrogens is 228 g/mol. The third kappa shape index (κ3) is 1.90. The molecule has 0 saturated carbocycles. The monoisotopic (exact) mass is 246 g/mol. The highest BCUT2D eigenvalue weighted by molar-refractivity contribution is 5.71. The molecule has 3 heterocycles. The fourth-order valence-electron chi connectivity index (χ4n) is 3.49. The Hall–Kier alpha value is -1.42. The summed E-state index contributed by atoms with van der Waals surface area (Å²) in [5, 5.41) is 9.22. The molecule has 2 saturated heterocycles. The molecule has 96 valence electrons. The number of carboxylic acids is 1. The van der Waals surface area contributed by atoms with E-state index in [0.29, 0.717) is 6.04 Å². The van der Waals surface area contributed by atoms with Crippen LogP contribution >= 0.6 is 0 Å². The van der Waals surface area contributed by atoms with Crippen LogP contribution in [0.4, 0.5) is 0 Å². The van der Waals surface area contributed by atoms with Crippen molar-refractivity contribution in [2.24, 2.45) is 5.92 Å². The molecule has 1 aromatic heterocycles. The van der Waals surface area contributed by atoms with Gasteiger partial charge in [0, 0.05) is 24.3 Å². The predicted molar refractivity (Wildman–Crippen MR) is 67.1 cm³/mol. The minimum absolute atomic E-state index is 0.173. The van der Waals surface area contributed by atoms with Gasteiger partial charge in [0.2, 0.25) is 0 Å². The molecule has 4 nitrogen and oxygen atoms in total. The molecule has 2 fully saturated rings. The Labute approximate surface area is 107 Å². The van der Waals surface area contributed by atoms with Crippen molar-refractivity contribution in [2.45, 2.75) is 44.8 Å². The lowest BCUT2D eigenvalue weighted by molar-refractivity contribution is -0.142. The Kier molecular flexibility index (Phi) is 2.82. The Balaban J connectivity index is 1.76. The van der Waals surface area contributed by atoms with Gasteiger partial charge in [0.1, 0.15) is 0 Å². The summed E-state index contributed by atoms with van der Waals surface area (Å²) < 4.78 is 0. The van der Waals surface area contributed by atoms with Crippen LogP contribution in [0.1, 0.15) is 30.7 Å². The van der Waals surface area contributed by atoms with Crippen LogP contribution in [0.15, 0.2) is 18.2 Å². The van der Waals surface area contributed by atoms with Crippen molar-refractivity contribution in [1.82, 2.24) is 9.88 Å². The van der Waals surface area contributed by atoms with Gasteiger partial charge >= 0.3 is 5.97 Å². The highest BCUT2D eigenvalue weighted by atomic mass is 16.4. The maximum atomic E-state index is 11.2. The standard InChI is InChI=1S/C14H18N2O2/c1-9-3-2-4-10(15-9)8-16-11-5-6-13(16)12(7-11)14(17)18/h2-4,11-13H,5-8H2,1H3,(H,17,18). The van der Waals surface area contributed by atoms with E-state index in [1.54, 1.807) is 0 Å².